The fraction of sp³-hybridized carbons (Fsp3) is 0.611. The lowest BCUT2D eigenvalue weighted by molar-refractivity contribution is 0.304. The van der Waals surface area contributed by atoms with Gasteiger partial charge in [0.05, 0.1) is 11.7 Å². The van der Waals surface area contributed by atoms with Crippen LogP contribution >= 0.6 is 0 Å². The van der Waals surface area contributed by atoms with E-state index in [1.807, 2.05) is 7.05 Å². The maximum Gasteiger partial charge on any atom is 0.249 e. The van der Waals surface area contributed by atoms with Crippen molar-refractivity contribution in [3.63, 3.8) is 0 Å². The van der Waals surface area contributed by atoms with Crippen molar-refractivity contribution >= 4 is 15.8 Å². The van der Waals surface area contributed by atoms with E-state index in [1.165, 1.54) is 4.31 Å². The van der Waals surface area contributed by atoms with Crippen LogP contribution in [0.1, 0.15) is 47.4 Å². The van der Waals surface area contributed by atoms with E-state index in [4.69, 9.17) is 14.5 Å². The maximum atomic E-state index is 13.4. The quantitative estimate of drug-likeness (QED) is 0.817. The molecule has 0 aliphatic carbocycles. The summed E-state index contributed by atoms with van der Waals surface area (Å²) < 4.78 is 33.3. The second-order valence-electron chi connectivity index (χ2n) is 7.52. The van der Waals surface area contributed by atoms with Crippen molar-refractivity contribution in [3.8, 4) is 0 Å². The number of likely N-dealkylation sites (N-methyl/N-ethyl adjacent to an activating group) is 1. The molecular formula is C18H26N6O3S. The number of nitrogens with zero attached hydrogens (tertiary/aromatic N) is 5. The molecule has 0 amide bonds. The highest BCUT2D eigenvalue weighted by Crippen LogP contribution is 2.38. The number of hydrogen-bond donors (Lipinski definition) is 1. The molecule has 0 saturated carbocycles. The molecule has 10 heteroatoms. The zero-order valence-corrected chi connectivity index (χ0v) is 17.5. The minimum Gasteiger partial charge on any atom is -0.373 e. The van der Waals surface area contributed by atoms with E-state index >= 15 is 0 Å². The van der Waals surface area contributed by atoms with Crippen LogP contribution in [-0.2, 0) is 23.0 Å². The lowest BCUT2D eigenvalue weighted by Crippen LogP contribution is -2.34. The van der Waals surface area contributed by atoms with Gasteiger partial charge >= 0.3 is 0 Å². The number of aryl methyl sites for hydroxylation is 2. The summed E-state index contributed by atoms with van der Waals surface area (Å²) in [6, 6.07) is -0.386. The van der Waals surface area contributed by atoms with Crippen LogP contribution in [0.4, 0.5) is 5.82 Å². The van der Waals surface area contributed by atoms with Crippen LogP contribution in [0, 0.1) is 13.8 Å². The number of anilines is 1. The Hall–Kier alpha value is -2.04. The SMILES string of the molecule is CNc1nc([C@@H]2CCCN2S(=O)(=O)c2c(C)noc2C)nc2c1CCN(C)C2. The van der Waals surface area contributed by atoms with Gasteiger partial charge in [0.25, 0.3) is 0 Å². The normalized spacial score (nSPS) is 21.1. The predicted octanol–water partition coefficient (Wildman–Crippen LogP) is 1.64. The predicted molar refractivity (Wildman–Crippen MR) is 103 cm³/mol. The maximum absolute atomic E-state index is 13.4. The lowest BCUT2D eigenvalue weighted by Gasteiger charge is -2.28. The Morgan fingerprint density at radius 3 is 2.68 bits per heavy atom. The average molecular weight is 407 g/mol. The first kappa shape index (κ1) is 19.3. The third kappa shape index (κ3) is 3.09. The van der Waals surface area contributed by atoms with Gasteiger partial charge in [-0.15, -0.1) is 0 Å². The Morgan fingerprint density at radius 1 is 1.21 bits per heavy atom. The highest BCUT2D eigenvalue weighted by atomic mass is 32.2. The molecule has 28 heavy (non-hydrogen) atoms. The number of nitrogens with one attached hydrogen (secondary N) is 1. The number of aromatic nitrogens is 3. The van der Waals surface area contributed by atoms with E-state index in [1.54, 1.807) is 13.8 Å². The van der Waals surface area contributed by atoms with Gasteiger partial charge in [0, 0.05) is 32.2 Å². The molecule has 0 unspecified atom stereocenters. The molecule has 4 rings (SSSR count). The fourth-order valence-electron chi connectivity index (χ4n) is 4.18. The zero-order chi connectivity index (χ0) is 20.1. The minimum absolute atomic E-state index is 0.158. The second-order valence-corrected chi connectivity index (χ2v) is 9.35. The molecule has 2 aliphatic heterocycles. The molecule has 0 bridgehead atoms. The van der Waals surface area contributed by atoms with Crippen molar-refractivity contribution in [2.24, 2.45) is 0 Å². The molecule has 152 valence electrons. The summed E-state index contributed by atoms with van der Waals surface area (Å²) in [7, 11) is 0.169. The van der Waals surface area contributed by atoms with E-state index in [2.05, 4.69) is 22.4 Å². The Morgan fingerprint density at radius 2 is 2.00 bits per heavy atom. The van der Waals surface area contributed by atoms with Crippen molar-refractivity contribution in [2.75, 3.05) is 32.5 Å². The Balaban J connectivity index is 1.76. The molecule has 1 saturated heterocycles. The highest BCUT2D eigenvalue weighted by molar-refractivity contribution is 7.89. The van der Waals surface area contributed by atoms with E-state index in [-0.39, 0.29) is 10.9 Å². The lowest BCUT2D eigenvalue weighted by atomic mass is 10.1. The molecule has 9 nitrogen and oxygen atoms in total. The van der Waals surface area contributed by atoms with Crippen molar-refractivity contribution in [1.29, 1.82) is 0 Å². The van der Waals surface area contributed by atoms with Crippen LogP contribution in [0.3, 0.4) is 0 Å². The van der Waals surface area contributed by atoms with Crippen LogP contribution in [-0.4, -0.2) is 59.9 Å². The first-order valence-electron chi connectivity index (χ1n) is 9.53. The van der Waals surface area contributed by atoms with Crippen molar-refractivity contribution in [3.05, 3.63) is 28.5 Å². The minimum atomic E-state index is -3.74. The van der Waals surface area contributed by atoms with Gasteiger partial charge in [0.2, 0.25) is 10.0 Å². The summed E-state index contributed by atoms with van der Waals surface area (Å²) in [6.07, 6.45) is 2.34. The summed E-state index contributed by atoms with van der Waals surface area (Å²) >= 11 is 0. The molecule has 1 atom stereocenters. The van der Waals surface area contributed by atoms with Gasteiger partial charge in [-0.25, -0.2) is 18.4 Å². The van der Waals surface area contributed by atoms with Gasteiger partial charge in [0.15, 0.2) is 5.76 Å². The molecule has 2 aliphatic rings. The van der Waals surface area contributed by atoms with Crippen LogP contribution in [0.15, 0.2) is 9.42 Å². The van der Waals surface area contributed by atoms with Gasteiger partial charge in [0.1, 0.15) is 22.2 Å². The highest BCUT2D eigenvalue weighted by Gasteiger charge is 2.41. The van der Waals surface area contributed by atoms with E-state index in [0.29, 0.717) is 30.2 Å². The van der Waals surface area contributed by atoms with Gasteiger partial charge in [-0.3, -0.25) is 0 Å². The van der Waals surface area contributed by atoms with Crippen LogP contribution in [0.25, 0.3) is 0 Å². The summed E-state index contributed by atoms with van der Waals surface area (Å²) in [5.41, 5.74) is 2.49. The van der Waals surface area contributed by atoms with E-state index in [9.17, 15) is 8.42 Å². The Kier molecular flexibility index (Phi) is 4.88. The number of sulfonamides is 1. The van der Waals surface area contributed by atoms with E-state index in [0.717, 1.165) is 43.0 Å². The summed E-state index contributed by atoms with van der Waals surface area (Å²) in [4.78, 5) is 11.9. The van der Waals surface area contributed by atoms with Crippen LogP contribution < -0.4 is 5.32 Å². The van der Waals surface area contributed by atoms with Gasteiger partial charge in [-0.2, -0.15) is 4.31 Å². The Bertz CT molecular complexity index is 983. The number of rotatable bonds is 4. The summed E-state index contributed by atoms with van der Waals surface area (Å²) in [5, 5.41) is 6.99. The monoisotopic (exact) mass is 406 g/mol. The largest absolute Gasteiger partial charge is 0.373 e. The van der Waals surface area contributed by atoms with Gasteiger partial charge < -0.3 is 14.7 Å². The molecule has 4 heterocycles. The standard InChI is InChI=1S/C18H26N6O3S/c1-11-16(12(2)27-22-11)28(25,26)24-8-5-6-15(24)18-20-14-10-23(4)9-7-13(14)17(19-3)21-18/h15H,5-10H2,1-4H3,(H,19,20,21)/t15-/m0/s1. The molecule has 0 aromatic carbocycles. The number of fused-ring (bicyclic) bond motifs is 1. The Labute approximate surface area is 165 Å². The van der Waals surface area contributed by atoms with Crippen molar-refractivity contribution in [1.82, 2.24) is 24.3 Å². The average Bonchev–Trinajstić information content (AvgIpc) is 3.27. The molecule has 1 fully saturated rings. The number of hydrogen-bond acceptors (Lipinski definition) is 8. The van der Waals surface area contributed by atoms with Gasteiger partial charge in [-0.05, 0) is 40.2 Å². The molecule has 2 aromatic rings. The first-order valence-corrected chi connectivity index (χ1v) is 11.0. The van der Waals surface area contributed by atoms with Crippen LogP contribution in [0.5, 0.6) is 0 Å². The summed E-state index contributed by atoms with van der Waals surface area (Å²) in [5.74, 6) is 1.67. The molecular weight excluding hydrogens is 380 g/mol. The fourth-order valence-corrected chi connectivity index (χ4v) is 6.13. The summed E-state index contributed by atoms with van der Waals surface area (Å²) in [6.45, 7) is 5.41. The molecule has 0 spiro atoms. The smallest absolute Gasteiger partial charge is 0.249 e. The van der Waals surface area contributed by atoms with Crippen LogP contribution in [0.2, 0.25) is 0 Å². The van der Waals surface area contributed by atoms with Crippen molar-refractivity contribution < 1.29 is 12.9 Å². The zero-order valence-electron chi connectivity index (χ0n) is 16.7. The molecule has 0 radical (unpaired) electrons. The second kappa shape index (κ2) is 7.09. The topological polar surface area (TPSA) is 104 Å². The first-order chi connectivity index (χ1) is 13.3. The van der Waals surface area contributed by atoms with Crippen molar-refractivity contribution in [2.45, 2.75) is 50.6 Å². The molecule has 2 aromatic heterocycles. The third-order valence-electron chi connectivity index (χ3n) is 5.55. The van der Waals surface area contributed by atoms with E-state index < -0.39 is 10.0 Å². The molecule has 1 N–H and O–H groups in total. The van der Waals surface area contributed by atoms with Gasteiger partial charge in [-0.1, -0.05) is 5.16 Å². The third-order valence-corrected chi connectivity index (χ3v) is 7.70.